The molecule has 9 heteroatoms. The number of halogens is 3. The number of carbonyl (C=O) groups excluding carboxylic acids is 2. The first-order valence-electron chi connectivity index (χ1n) is 10.0. The molecule has 0 atom stereocenters. The van der Waals surface area contributed by atoms with Crippen molar-refractivity contribution >= 4 is 40.1 Å². The minimum Gasteiger partial charge on any atom is -0.481 e. The molecule has 34 heavy (non-hydrogen) atoms. The van der Waals surface area contributed by atoms with E-state index < -0.39 is 29.1 Å². The van der Waals surface area contributed by atoms with Crippen LogP contribution in [-0.2, 0) is 9.53 Å². The monoisotopic (exact) mass is 482 g/mol. The number of fused-ring (bicyclic) bond motifs is 1. The van der Waals surface area contributed by atoms with Crippen LogP contribution in [0.3, 0.4) is 0 Å². The van der Waals surface area contributed by atoms with Gasteiger partial charge in [-0.05, 0) is 42.5 Å². The van der Waals surface area contributed by atoms with Gasteiger partial charge in [0.2, 0.25) is 0 Å². The maximum absolute atomic E-state index is 14.0. The minimum absolute atomic E-state index is 0.254. The van der Waals surface area contributed by atoms with Gasteiger partial charge in [-0.25, -0.2) is 18.6 Å². The number of aromatic nitrogens is 1. The Bertz CT molecular complexity index is 1370. The van der Waals surface area contributed by atoms with Crippen molar-refractivity contribution in [3.05, 3.63) is 89.0 Å². The van der Waals surface area contributed by atoms with Crippen LogP contribution in [0.25, 0.3) is 22.2 Å². The lowest BCUT2D eigenvalue weighted by molar-refractivity contribution is -0.142. The molecular formula is C25H17ClF2N2O4. The fourth-order valence-electron chi connectivity index (χ4n) is 3.26. The van der Waals surface area contributed by atoms with Crippen LogP contribution in [0.15, 0.2) is 66.7 Å². The van der Waals surface area contributed by atoms with Crippen LogP contribution >= 0.6 is 11.6 Å². The predicted octanol–water partition coefficient (Wildman–Crippen LogP) is 5.64. The number of rotatable bonds is 6. The predicted molar refractivity (Wildman–Crippen MR) is 124 cm³/mol. The van der Waals surface area contributed by atoms with Gasteiger partial charge in [0.15, 0.2) is 6.61 Å². The minimum atomic E-state index is -0.977. The highest BCUT2D eigenvalue weighted by molar-refractivity contribution is 6.30. The summed E-state index contributed by atoms with van der Waals surface area (Å²) in [6.45, 7) is -0.354. The summed E-state index contributed by atoms with van der Waals surface area (Å²) < 4.78 is 38.3. The molecule has 0 bridgehead atoms. The number of nitrogens with one attached hydrogen (secondary N) is 1. The molecule has 3 aromatic carbocycles. The quantitative estimate of drug-likeness (QED) is 0.360. The summed E-state index contributed by atoms with van der Waals surface area (Å²) in [6.07, 6.45) is 0. The van der Waals surface area contributed by atoms with Gasteiger partial charge in [0, 0.05) is 27.7 Å². The fourth-order valence-corrected chi connectivity index (χ4v) is 3.39. The number of methoxy groups -OCH3 is 1. The Morgan fingerprint density at radius 1 is 1.00 bits per heavy atom. The number of hydrogen-bond acceptors (Lipinski definition) is 5. The van der Waals surface area contributed by atoms with Gasteiger partial charge >= 0.3 is 5.97 Å². The molecule has 0 aliphatic heterocycles. The molecule has 1 heterocycles. The van der Waals surface area contributed by atoms with Crippen LogP contribution in [0, 0.1) is 11.6 Å². The van der Waals surface area contributed by atoms with Gasteiger partial charge in [0.05, 0.1) is 18.3 Å². The van der Waals surface area contributed by atoms with Crippen LogP contribution in [0.1, 0.15) is 10.4 Å². The number of hydrogen-bond donors (Lipinski definition) is 1. The second kappa shape index (κ2) is 9.84. The lowest BCUT2D eigenvalue weighted by Gasteiger charge is -2.13. The number of nitrogens with zero attached hydrogens (tertiary/aromatic N) is 1. The Balaban J connectivity index is 1.73. The first kappa shape index (κ1) is 23.1. The first-order valence-corrected chi connectivity index (χ1v) is 10.4. The molecule has 4 rings (SSSR count). The highest BCUT2D eigenvalue weighted by atomic mass is 35.5. The lowest BCUT2D eigenvalue weighted by atomic mass is 10.1. The summed E-state index contributed by atoms with van der Waals surface area (Å²) in [7, 11) is 1.24. The van der Waals surface area contributed by atoms with E-state index in [1.165, 1.54) is 19.2 Å². The van der Waals surface area contributed by atoms with Crippen LogP contribution in [0.5, 0.6) is 5.75 Å². The zero-order chi connectivity index (χ0) is 24.2. The number of pyridine rings is 1. The molecule has 1 N–H and O–H groups in total. The van der Waals surface area contributed by atoms with Gasteiger partial charge in [0.1, 0.15) is 22.9 Å². The molecule has 172 valence electrons. The molecule has 0 unspecified atom stereocenters. The van der Waals surface area contributed by atoms with Crippen LogP contribution < -0.4 is 10.1 Å². The van der Waals surface area contributed by atoms with E-state index in [-0.39, 0.29) is 12.3 Å². The number of anilines is 1. The molecule has 0 spiro atoms. The molecule has 1 aromatic heterocycles. The van der Waals surface area contributed by atoms with Gasteiger partial charge in [-0.15, -0.1) is 0 Å². The third-order valence-electron chi connectivity index (χ3n) is 4.93. The van der Waals surface area contributed by atoms with Crippen molar-refractivity contribution in [3.8, 4) is 17.0 Å². The maximum Gasteiger partial charge on any atom is 0.343 e. The summed E-state index contributed by atoms with van der Waals surface area (Å²) in [5, 5.41) is 3.51. The van der Waals surface area contributed by atoms with Crippen molar-refractivity contribution in [1.29, 1.82) is 0 Å². The summed E-state index contributed by atoms with van der Waals surface area (Å²) in [4.78, 5) is 28.7. The largest absolute Gasteiger partial charge is 0.481 e. The smallest absolute Gasteiger partial charge is 0.343 e. The fraction of sp³-hybridized carbons (Fsp3) is 0.0800. The lowest BCUT2D eigenvalue weighted by Crippen LogP contribution is -2.16. The standard InChI is InChI=1S/C25H17ClF2N2O4/c1-33-23(31)13-34-22-12-21(14-5-7-15(26)8-6-14)30-20-10-9-16(11-17(20)22)29-25(32)24-18(27)3-2-4-19(24)28/h2-12H,13H2,1H3,(H,29,32). The van der Waals surface area contributed by atoms with Crippen molar-refractivity contribution in [1.82, 2.24) is 4.98 Å². The topological polar surface area (TPSA) is 77.5 Å². The molecule has 0 saturated heterocycles. The average Bonchev–Trinajstić information content (AvgIpc) is 2.82. The number of esters is 1. The van der Waals surface area contributed by atoms with E-state index in [9.17, 15) is 18.4 Å². The van der Waals surface area contributed by atoms with Gasteiger partial charge < -0.3 is 14.8 Å². The van der Waals surface area contributed by atoms with Crippen molar-refractivity contribution in [2.45, 2.75) is 0 Å². The van der Waals surface area contributed by atoms with Crippen molar-refractivity contribution in [2.24, 2.45) is 0 Å². The van der Waals surface area contributed by atoms with E-state index >= 15 is 0 Å². The highest BCUT2D eigenvalue weighted by Gasteiger charge is 2.18. The zero-order valence-electron chi connectivity index (χ0n) is 17.8. The molecule has 0 radical (unpaired) electrons. The van der Waals surface area contributed by atoms with Crippen molar-refractivity contribution in [3.63, 3.8) is 0 Å². The second-order valence-corrected chi connectivity index (χ2v) is 7.60. The molecule has 0 aliphatic carbocycles. The molecule has 0 aliphatic rings. The number of ether oxygens (including phenoxy) is 2. The van der Waals surface area contributed by atoms with Gasteiger partial charge in [-0.2, -0.15) is 0 Å². The van der Waals surface area contributed by atoms with E-state index in [0.717, 1.165) is 17.7 Å². The normalized spacial score (nSPS) is 10.7. The summed E-state index contributed by atoms with van der Waals surface area (Å²) in [6, 6.07) is 16.5. The van der Waals surface area contributed by atoms with Crippen molar-refractivity contribution < 1.29 is 27.8 Å². The van der Waals surface area contributed by atoms with Gasteiger partial charge in [-0.1, -0.05) is 29.8 Å². The van der Waals surface area contributed by atoms with E-state index in [1.54, 1.807) is 42.5 Å². The number of carbonyl (C=O) groups is 2. The van der Waals surface area contributed by atoms with Crippen LogP contribution in [-0.4, -0.2) is 30.6 Å². The van der Waals surface area contributed by atoms with E-state index in [4.69, 9.17) is 16.3 Å². The Morgan fingerprint density at radius 2 is 1.71 bits per heavy atom. The molecule has 4 aromatic rings. The third kappa shape index (κ3) is 4.97. The Kier molecular flexibility index (Phi) is 6.70. The second-order valence-electron chi connectivity index (χ2n) is 7.16. The molecule has 1 amide bonds. The maximum atomic E-state index is 14.0. The Labute approximate surface area is 198 Å². The van der Waals surface area contributed by atoms with Gasteiger partial charge in [0.25, 0.3) is 5.91 Å². The van der Waals surface area contributed by atoms with Crippen molar-refractivity contribution in [2.75, 3.05) is 19.0 Å². The van der Waals surface area contributed by atoms with Crippen LogP contribution in [0.2, 0.25) is 5.02 Å². The SMILES string of the molecule is COC(=O)COc1cc(-c2ccc(Cl)cc2)nc2ccc(NC(=O)c3c(F)cccc3F)cc12. The van der Waals surface area contributed by atoms with E-state index in [1.807, 2.05) is 0 Å². The van der Waals surface area contributed by atoms with E-state index in [2.05, 4.69) is 15.0 Å². The first-order chi connectivity index (χ1) is 16.4. The summed E-state index contributed by atoms with van der Waals surface area (Å²) in [5.74, 6) is -3.19. The highest BCUT2D eigenvalue weighted by Crippen LogP contribution is 2.32. The third-order valence-corrected chi connectivity index (χ3v) is 5.18. The molecular weight excluding hydrogens is 466 g/mol. The number of benzene rings is 3. The van der Waals surface area contributed by atoms with Gasteiger partial charge in [-0.3, -0.25) is 4.79 Å². The Hall–Kier alpha value is -4.04. The number of amides is 1. The summed E-state index contributed by atoms with van der Waals surface area (Å²) in [5.41, 5.74) is 1.39. The molecule has 0 fully saturated rings. The van der Waals surface area contributed by atoms with Crippen LogP contribution in [0.4, 0.5) is 14.5 Å². The summed E-state index contributed by atoms with van der Waals surface area (Å²) >= 11 is 5.97. The molecule has 6 nitrogen and oxygen atoms in total. The molecule has 0 saturated carbocycles. The Morgan fingerprint density at radius 3 is 2.38 bits per heavy atom. The average molecular weight is 483 g/mol. The van der Waals surface area contributed by atoms with E-state index in [0.29, 0.717) is 27.4 Å². The zero-order valence-corrected chi connectivity index (χ0v) is 18.5.